The van der Waals surface area contributed by atoms with E-state index in [-0.39, 0.29) is 22.3 Å². The number of aromatic nitrogens is 1. The number of allylic oxidation sites excluding steroid dienone is 1. The Labute approximate surface area is 200 Å². The molecule has 1 amide bonds. The number of thiocarbonyl (C=S) groups is 1. The van der Waals surface area contributed by atoms with E-state index in [0.29, 0.717) is 27.7 Å². The van der Waals surface area contributed by atoms with Crippen molar-refractivity contribution in [1.82, 2.24) is 10.5 Å². The number of nitrogens with one attached hydrogen (secondary N) is 2. The molecular formula is C23H21ClN4O4S. The van der Waals surface area contributed by atoms with Gasteiger partial charge in [-0.2, -0.15) is 0 Å². The van der Waals surface area contributed by atoms with Crippen LogP contribution in [0.1, 0.15) is 24.3 Å². The van der Waals surface area contributed by atoms with E-state index in [9.17, 15) is 9.90 Å². The van der Waals surface area contributed by atoms with Gasteiger partial charge in [0.1, 0.15) is 5.76 Å². The van der Waals surface area contributed by atoms with Crippen molar-refractivity contribution in [3.8, 4) is 11.5 Å². The van der Waals surface area contributed by atoms with Crippen molar-refractivity contribution in [2.24, 2.45) is 0 Å². The third-order valence-corrected chi connectivity index (χ3v) is 5.81. The lowest BCUT2D eigenvalue weighted by atomic mass is 9.93. The number of benzene rings is 2. The minimum absolute atomic E-state index is 0.0899. The van der Waals surface area contributed by atoms with E-state index in [0.717, 1.165) is 5.69 Å². The minimum atomic E-state index is -0.669. The van der Waals surface area contributed by atoms with Crippen LogP contribution < -0.4 is 20.3 Å². The lowest BCUT2D eigenvalue weighted by Gasteiger charge is -2.38. The number of carbonyl (C=O) groups excluding carboxylic acids is 1. The van der Waals surface area contributed by atoms with E-state index in [1.54, 1.807) is 30.0 Å². The van der Waals surface area contributed by atoms with Gasteiger partial charge in [0.2, 0.25) is 0 Å². The predicted molar refractivity (Wildman–Crippen MR) is 130 cm³/mol. The number of hydrogen-bond acceptors (Lipinski definition) is 6. The standard InChI is InChI=1S/C23H21ClN4O4S/c1-12-9-18(27-32-12)25-22(30)19-13(2)28(15-7-5-4-6-8-15)23(33)26-20(19)14-10-16(24)21(29)17(11-14)31-3/h4-11,20,29H,1-3H3,(H,26,33)(H,25,27,30)/t20-/m0/s1. The number of amides is 1. The van der Waals surface area contributed by atoms with Crippen LogP contribution in [0.4, 0.5) is 11.5 Å². The molecule has 4 rings (SSSR count). The first kappa shape index (κ1) is 22.6. The lowest BCUT2D eigenvalue weighted by Crippen LogP contribution is -2.48. The molecule has 0 radical (unpaired) electrons. The van der Waals surface area contributed by atoms with E-state index < -0.39 is 11.9 Å². The zero-order valence-corrected chi connectivity index (χ0v) is 19.6. The monoisotopic (exact) mass is 484 g/mol. The highest BCUT2D eigenvalue weighted by Crippen LogP contribution is 2.40. The van der Waals surface area contributed by atoms with Crippen LogP contribution in [0.2, 0.25) is 5.02 Å². The maximum Gasteiger partial charge on any atom is 0.257 e. The second kappa shape index (κ2) is 9.13. The number of phenols is 1. The number of aromatic hydroxyl groups is 1. The molecule has 0 aliphatic carbocycles. The summed E-state index contributed by atoms with van der Waals surface area (Å²) in [6.45, 7) is 3.55. The van der Waals surface area contributed by atoms with E-state index in [2.05, 4.69) is 15.8 Å². The fourth-order valence-corrected chi connectivity index (χ4v) is 4.28. The van der Waals surface area contributed by atoms with Gasteiger partial charge in [-0.25, -0.2) is 0 Å². The zero-order chi connectivity index (χ0) is 23.7. The maximum absolute atomic E-state index is 13.5. The number of halogens is 1. The van der Waals surface area contributed by atoms with Crippen LogP contribution in [0, 0.1) is 6.92 Å². The molecule has 2 heterocycles. The third kappa shape index (κ3) is 4.37. The van der Waals surface area contributed by atoms with Crippen LogP contribution in [-0.4, -0.2) is 28.4 Å². The Morgan fingerprint density at radius 2 is 2.00 bits per heavy atom. The number of methoxy groups -OCH3 is 1. The van der Waals surface area contributed by atoms with Gasteiger partial charge >= 0.3 is 0 Å². The van der Waals surface area contributed by atoms with E-state index in [1.165, 1.54) is 7.11 Å². The van der Waals surface area contributed by atoms with E-state index >= 15 is 0 Å². The Balaban J connectivity index is 1.85. The summed E-state index contributed by atoms with van der Waals surface area (Å²) < 4.78 is 10.3. The normalized spacial score (nSPS) is 15.9. The Morgan fingerprint density at radius 1 is 1.27 bits per heavy atom. The second-order valence-corrected chi connectivity index (χ2v) is 8.18. The summed E-state index contributed by atoms with van der Waals surface area (Å²) in [6, 6.07) is 13.6. The first-order valence-corrected chi connectivity index (χ1v) is 10.8. The molecule has 1 aliphatic rings. The summed E-state index contributed by atoms with van der Waals surface area (Å²) in [5.74, 6) is 0.455. The SMILES string of the molecule is COc1cc([C@@H]2NC(=S)N(c3ccccc3)C(C)=C2C(=O)Nc2cc(C)on2)cc(Cl)c1O. The number of nitrogens with zero attached hydrogens (tertiary/aromatic N) is 2. The molecule has 0 fully saturated rings. The van der Waals surface area contributed by atoms with Crippen molar-refractivity contribution in [3.05, 3.63) is 76.1 Å². The molecule has 0 bridgehead atoms. The smallest absolute Gasteiger partial charge is 0.257 e. The molecule has 1 atom stereocenters. The Bertz CT molecular complexity index is 1260. The molecule has 0 saturated carbocycles. The number of ether oxygens (including phenoxy) is 1. The molecule has 2 aromatic carbocycles. The van der Waals surface area contributed by atoms with Gasteiger partial charge in [0.05, 0.1) is 23.7 Å². The van der Waals surface area contributed by atoms with Gasteiger partial charge in [-0.05, 0) is 55.9 Å². The Morgan fingerprint density at radius 3 is 2.64 bits per heavy atom. The van der Waals surface area contributed by atoms with Crippen LogP contribution in [0.15, 0.2) is 64.3 Å². The Hall–Kier alpha value is -3.56. The van der Waals surface area contributed by atoms with Crippen molar-refractivity contribution in [3.63, 3.8) is 0 Å². The number of rotatable bonds is 5. The molecular weight excluding hydrogens is 464 g/mol. The topological polar surface area (TPSA) is 99.9 Å². The third-order valence-electron chi connectivity index (χ3n) is 5.22. The molecule has 0 unspecified atom stereocenters. The maximum atomic E-state index is 13.5. The van der Waals surface area contributed by atoms with Crippen molar-refractivity contribution in [1.29, 1.82) is 0 Å². The van der Waals surface area contributed by atoms with Gasteiger partial charge in [0.15, 0.2) is 22.4 Å². The summed E-state index contributed by atoms with van der Waals surface area (Å²) >= 11 is 11.9. The van der Waals surface area contributed by atoms with Gasteiger partial charge in [0, 0.05) is 17.5 Å². The van der Waals surface area contributed by atoms with Crippen molar-refractivity contribution < 1.29 is 19.2 Å². The number of hydrogen-bond donors (Lipinski definition) is 3. The quantitative estimate of drug-likeness (QED) is 0.448. The van der Waals surface area contributed by atoms with Crippen LogP contribution in [0.5, 0.6) is 11.5 Å². The minimum Gasteiger partial charge on any atom is -0.503 e. The van der Waals surface area contributed by atoms with Crippen LogP contribution in [0.25, 0.3) is 0 Å². The molecule has 10 heteroatoms. The predicted octanol–water partition coefficient (Wildman–Crippen LogP) is 4.70. The Kier molecular flexibility index (Phi) is 6.26. The van der Waals surface area contributed by atoms with Gasteiger partial charge in [-0.15, -0.1) is 0 Å². The number of para-hydroxylation sites is 1. The average Bonchev–Trinajstić information content (AvgIpc) is 3.20. The van der Waals surface area contributed by atoms with E-state index in [1.807, 2.05) is 37.3 Å². The summed E-state index contributed by atoms with van der Waals surface area (Å²) in [5, 5.41) is 20.5. The first-order valence-electron chi connectivity index (χ1n) is 9.97. The zero-order valence-electron chi connectivity index (χ0n) is 18.0. The van der Waals surface area contributed by atoms with Gasteiger partial charge < -0.3 is 25.0 Å². The molecule has 0 spiro atoms. The number of anilines is 2. The fraction of sp³-hybridized carbons (Fsp3) is 0.174. The van der Waals surface area contributed by atoms with Crippen molar-refractivity contribution >= 4 is 46.3 Å². The highest BCUT2D eigenvalue weighted by molar-refractivity contribution is 7.80. The van der Waals surface area contributed by atoms with Crippen LogP contribution in [0.3, 0.4) is 0 Å². The summed E-state index contributed by atoms with van der Waals surface area (Å²) in [5.41, 5.74) is 2.40. The molecule has 1 aliphatic heterocycles. The number of carbonyl (C=O) groups is 1. The number of phenolic OH excluding ortho intramolecular Hbond substituents is 1. The summed E-state index contributed by atoms with van der Waals surface area (Å²) in [6.07, 6.45) is 0. The molecule has 33 heavy (non-hydrogen) atoms. The van der Waals surface area contributed by atoms with E-state index in [4.69, 9.17) is 33.1 Å². The molecule has 3 N–H and O–H groups in total. The highest BCUT2D eigenvalue weighted by atomic mass is 35.5. The lowest BCUT2D eigenvalue weighted by molar-refractivity contribution is -0.113. The van der Waals surface area contributed by atoms with Crippen molar-refractivity contribution in [2.75, 3.05) is 17.3 Å². The summed E-state index contributed by atoms with van der Waals surface area (Å²) in [7, 11) is 1.42. The van der Waals surface area contributed by atoms with Gasteiger partial charge in [-0.1, -0.05) is 35.0 Å². The highest BCUT2D eigenvalue weighted by Gasteiger charge is 2.35. The fourth-order valence-electron chi connectivity index (χ4n) is 3.70. The molecule has 0 saturated heterocycles. The second-order valence-electron chi connectivity index (χ2n) is 7.38. The largest absolute Gasteiger partial charge is 0.503 e. The first-order chi connectivity index (χ1) is 15.8. The molecule has 3 aromatic rings. The number of aryl methyl sites for hydroxylation is 1. The molecule has 8 nitrogen and oxygen atoms in total. The molecule has 1 aromatic heterocycles. The van der Waals surface area contributed by atoms with Crippen LogP contribution in [-0.2, 0) is 4.79 Å². The van der Waals surface area contributed by atoms with Gasteiger partial charge in [-0.3, -0.25) is 9.69 Å². The van der Waals surface area contributed by atoms with Gasteiger partial charge in [0.25, 0.3) is 5.91 Å². The van der Waals surface area contributed by atoms with Crippen LogP contribution >= 0.6 is 23.8 Å². The molecule has 170 valence electrons. The summed E-state index contributed by atoms with van der Waals surface area (Å²) in [4.78, 5) is 15.3. The van der Waals surface area contributed by atoms with Crippen molar-refractivity contribution in [2.45, 2.75) is 19.9 Å². The average molecular weight is 485 g/mol.